The maximum Gasteiger partial charge on any atom is 0.341 e. The Balaban J connectivity index is 2.08. The molecule has 2 N–H and O–H groups in total. The smallest absolute Gasteiger partial charge is 0.341 e. The zero-order valence-electron chi connectivity index (χ0n) is 14.0. The lowest BCUT2D eigenvalue weighted by Gasteiger charge is -2.26. The highest BCUT2D eigenvalue weighted by molar-refractivity contribution is 5.98. The van der Waals surface area contributed by atoms with Gasteiger partial charge in [0.15, 0.2) is 6.61 Å². The summed E-state index contributed by atoms with van der Waals surface area (Å²) in [4.78, 5) is 23.1. The third-order valence-corrected chi connectivity index (χ3v) is 3.86. The van der Waals surface area contributed by atoms with Crippen molar-refractivity contribution in [2.24, 2.45) is 0 Å². The van der Waals surface area contributed by atoms with Crippen molar-refractivity contribution in [1.82, 2.24) is 0 Å². The molecule has 5 heteroatoms. The zero-order valence-corrected chi connectivity index (χ0v) is 14.0. The van der Waals surface area contributed by atoms with Gasteiger partial charge in [0.05, 0.1) is 5.41 Å². The summed E-state index contributed by atoms with van der Waals surface area (Å²) in [5.74, 6) is -0.711. The fraction of sp³-hybridized carbons (Fsp3) is 0.263. The Morgan fingerprint density at radius 1 is 1.08 bits per heavy atom. The molecule has 0 atom stereocenters. The van der Waals surface area contributed by atoms with Crippen molar-refractivity contribution in [3.8, 4) is 5.75 Å². The molecule has 2 aromatic rings. The van der Waals surface area contributed by atoms with Crippen LogP contribution in [0, 0.1) is 6.92 Å². The lowest BCUT2D eigenvalue weighted by molar-refractivity contribution is -0.139. The summed E-state index contributed by atoms with van der Waals surface area (Å²) in [6.07, 6.45) is 0. The minimum Gasteiger partial charge on any atom is -0.482 e. The number of hydrogen-bond acceptors (Lipinski definition) is 3. The third kappa shape index (κ3) is 4.13. The van der Waals surface area contributed by atoms with Crippen LogP contribution in [0.5, 0.6) is 5.75 Å². The molecule has 0 aromatic heterocycles. The standard InChI is InChI=1S/C19H21NO4/c1-13-6-4-5-7-16(13)19(2,3)18(23)20-14-8-10-15(11-9-14)24-12-17(21)22/h4-11H,12H2,1-3H3,(H,20,23)(H,21,22). The number of benzene rings is 2. The van der Waals surface area contributed by atoms with E-state index in [4.69, 9.17) is 9.84 Å². The molecule has 0 bridgehead atoms. The highest BCUT2D eigenvalue weighted by Crippen LogP contribution is 2.28. The minimum atomic E-state index is -1.03. The second-order valence-corrected chi connectivity index (χ2v) is 6.10. The number of nitrogens with one attached hydrogen (secondary N) is 1. The molecule has 126 valence electrons. The molecule has 0 aliphatic heterocycles. The summed E-state index contributed by atoms with van der Waals surface area (Å²) < 4.78 is 5.07. The Morgan fingerprint density at radius 2 is 1.71 bits per heavy atom. The number of carboxylic acids is 1. The van der Waals surface area contributed by atoms with E-state index in [2.05, 4.69) is 5.32 Å². The van der Waals surface area contributed by atoms with Crippen LogP contribution in [0.2, 0.25) is 0 Å². The van der Waals surface area contributed by atoms with Gasteiger partial charge in [0, 0.05) is 5.69 Å². The molecule has 0 fully saturated rings. The van der Waals surface area contributed by atoms with Gasteiger partial charge in [0.1, 0.15) is 5.75 Å². The van der Waals surface area contributed by atoms with Gasteiger partial charge in [-0.1, -0.05) is 24.3 Å². The molecular weight excluding hydrogens is 306 g/mol. The average Bonchev–Trinajstić information content (AvgIpc) is 2.54. The molecule has 0 aliphatic rings. The van der Waals surface area contributed by atoms with Crippen LogP contribution in [0.25, 0.3) is 0 Å². The summed E-state index contributed by atoms with van der Waals surface area (Å²) in [7, 11) is 0. The van der Waals surface area contributed by atoms with Crippen LogP contribution in [-0.2, 0) is 15.0 Å². The van der Waals surface area contributed by atoms with Crippen LogP contribution in [0.1, 0.15) is 25.0 Å². The van der Waals surface area contributed by atoms with E-state index >= 15 is 0 Å². The Morgan fingerprint density at radius 3 is 2.29 bits per heavy atom. The Labute approximate surface area is 141 Å². The maximum atomic E-state index is 12.7. The number of carboxylic acid groups (broad SMARTS) is 1. The number of ether oxygens (including phenoxy) is 1. The van der Waals surface area contributed by atoms with Gasteiger partial charge in [0.2, 0.25) is 5.91 Å². The van der Waals surface area contributed by atoms with Crippen LogP contribution < -0.4 is 10.1 Å². The van der Waals surface area contributed by atoms with Crippen molar-refractivity contribution in [3.63, 3.8) is 0 Å². The van der Waals surface area contributed by atoms with Gasteiger partial charge >= 0.3 is 5.97 Å². The molecule has 0 spiro atoms. The van der Waals surface area contributed by atoms with Crippen molar-refractivity contribution in [1.29, 1.82) is 0 Å². The first-order valence-electron chi connectivity index (χ1n) is 7.63. The maximum absolute atomic E-state index is 12.7. The van der Waals surface area contributed by atoms with Crippen molar-refractivity contribution in [3.05, 3.63) is 59.7 Å². The van der Waals surface area contributed by atoms with Crippen molar-refractivity contribution in [2.75, 3.05) is 11.9 Å². The monoisotopic (exact) mass is 327 g/mol. The SMILES string of the molecule is Cc1ccccc1C(C)(C)C(=O)Nc1ccc(OCC(=O)O)cc1. The van der Waals surface area contributed by atoms with Crippen molar-refractivity contribution in [2.45, 2.75) is 26.2 Å². The normalized spacial score (nSPS) is 11.0. The van der Waals surface area contributed by atoms with Crippen LogP contribution >= 0.6 is 0 Å². The number of aryl methyl sites for hydroxylation is 1. The fourth-order valence-corrected chi connectivity index (χ4v) is 2.46. The second kappa shape index (κ2) is 7.17. The van der Waals surface area contributed by atoms with Gasteiger partial charge in [-0.3, -0.25) is 4.79 Å². The molecule has 0 aliphatic carbocycles. The zero-order chi connectivity index (χ0) is 17.7. The predicted molar refractivity (Wildman–Crippen MR) is 92.4 cm³/mol. The molecule has 0 heterocycles. The van der Waals surface area contributed by atoms with E-state index < -0.39 is 18.0 Å². The summed E-state index contributed by atoms with van der Waals surface area (Å²) in [6.45, 7) is 5.36. The van der Waals surface area contributed by atoms with E-state index in [1.165, 1.54) is 0 Å². The van der Waals surface area contributed by atoms with Gasteiger partial charge in [-0.15, -0.1) is 0 Å². The van der Waals surface area contributed by atoms with Crippen LogP contribution in [0.15, 0.2) is 48.5 Å². The Kier molecular flexibility index (Phi) is 5.24. The van der Waals surface area contributed by atoms with E-state index in [-0.39, 0.29) is 5.91 Å². The number of aliphatic carboxylic acids is 1. The van der Waals surface area contributed by atoms with Gasteiger partial charge in [-0.2, -0.15) is 0 Å². The van der Waals surface area contributed by atoms with E-state index in [1.807, 2.05) is 45.0 Å². The second-order valence-electron chi connectivity index (χ2n) is 6.10. The molecule has 0 saturated heterocycles. The third-order valence-electron chi connectivity index (χ3n) is 3.86. The lowest BCUT2D eigenvalue weighted by atomic mass is 9.81. The van der Waals surface area contributed by atoms with Crippen LogP contribution in [0.4, 0.5) is 5.69 Å². The fourth-order valence-electron chi connectivity index (χ4n) is 2.46. The summed E-state index contributed by atoms with van der Waals surface area (Å²) in [5.41, 5.74) is 1.99. The van der Waals surface area contributed by atoms with Gasteiger partial charge in [0.25, 0.3) is 0 Å². The Hall–Kier alpha value is -2.82. The first kappa shape index (κ1) is 17.5. The largest absolute Gasteiger partial charge is 0.482 e. The molecule has 0 saturated carbocycles. The summed E-state index contributed by atoms with van der Waals surface area (Å²) in [6, 6.07) is 14.4. The number of carbonyl (C=O) groups is 2. The molecule has 1 amide bonds. The van der Waals surface area contributed by atoms with Crippen LogP contribution in [-0.4, -0.2) is 23.6 Å². The quantitative estimate of drug-likeness (QED) is 0.853. The van der Waals surface area contributed by atoms with Crippen LogP contribution in [0.3, 0.4) is 0 Å². The highest BCUT2D eigenvalue weighted by atomic mass is 16.5. The summed E-state index contributed by atoms with van der Waals surface area (Å²) >= 11 is 0. The van der Waals surface area contributed by atoms with Gasteiger partial charge in [-0.25, -0.2) is 4.79 Å². The Bertz CT molecular complexity index is 735. The average molecular weight is 327 g/mol. The van der Waals surface area contributed by atoms with E-state index in [1.54, 1.807) is 24.3 Å². The van der Waals surface area contributed by atoms with Gasteiger partial charge < -0.3 is 15.2 Å². The predicted octanol–water partition coefficient (Wildman–Crippen LogP) is 3.37. The number of carbonyl (C=O) groups excluding carboxylic acids is 1. The van der Waals surface area contributed by atoms with Gasteiger partial charge in [-0.05, 0) is 56.2 Å². The first-order chi connectivity index (χ1) is 11.3. The van der Waals surface area contributed by atoms with E-state index in [0.717, 1.165) is 11.1 Å². The number of anilines is 1. The van der Waals surface area contributed by atoms with Crippen molar-refractivity contribution >= 4 is 17.6 Å². The molecule has 0 unspecified atom stereocenters. The number of hydrogen-bond donors (Lipinski definition) is 2. The van der Waals surface area contributed by atoms with Crippen molar-refractivity contribution < 1.29 is 19.4 Å². The topological polar surface area (TPSA) is 75.6 Å². The highest BCUT2D eigenvalue weighted by Gasteiger charge is 2.31. The molecule has 2 aromatic carbocycles. The molecule has 2 rings (SSSR count). The lowest BCUT2D eigenvalue weighted by Crippen LogP contribution is -2.35. The number of amides is 1. The molecule has 24 heavy (non-hydrogen) atoms. The molecule has 5 nitrogen and oxygen atoms in total. The minimum absolute atomic E-state index is 0.115. The molecular formula is C19H21NO4. The first-order valence-corrected chi connectivity index (χ1v) is 7.63. The summed E-state index contributed by atoms with van der Waals surface area (Å²) in [5, 5.41) is 11.5. The number of rotatable bonds is 6. The van der Waals surface area contributed by atoms with E-state index in [0.29, 0.717) is 11.4 Å². The molecule has 0 radical (unpaired) electrons. The van der Waals surface area contributed by atoms with E-state index in [9.17, 15) is 9.59 Å².